The minimum absolute atomic E-state index is 0.0752. The fourth-order valence-corrected chi connectivity index (χ4v) is 3.23. The first-order valence-corrected chi connectivity index (χ1v) is 9.85. The van der Waals surface area contributed by atoms with Crippen LogP contribution < -0.4 is 5.32 Å². The Labute approximate surface area is 162 Å². The Kier molecular flexibility index (Phi) is 8.58. The predicted molar refractivity (Wildman–Crippen MR) is 107 cm³/mol. The number of nitrogens with zero attached hydrogens (tertiary/aromatic N) is 2. The zero-order valence-electron chi connectivity index (χ0n) is 17.0. The summed E-state index contributed by atoms with van der Waals surface area (Å²) in [6.07, 6.45) is 2.06. The summed E-state index contributed by atoms with van der Waals surface area (Å²) in [4.78, 5) is 18.6. The van der Waals surface area contributed by atoms with Gasteiger partial charge in [0.1, 0.15) is 0 Å². The van der Waals surface area contributed by atoms with E-state index in [2.05, 4.69) is 39.5 Å². The molecule has 1 fully saturated rings. The van der Waals surface area contributed by atoms with E-state index in [0.29, 0.717) is 26.3 Å². The van der Waals surface area contributed by atoms with Gasteiger partial charge in [0.2, 0.25) is 0 Å². The van der Waals surface area contributed by atoms with E-state index in [1.54, 1.807) is 7.05 Å². The first-order valence-electron chi connectivity index (χ1n) is 9.85. The summed E-state index contributed by atoms with van der Waals surface area (Å²) in [6.45, 7) is 9.21. The lowest BCUT2D eigenvalue weighted by Gasteiger charge is -2.34. The standard InChI is InChI=1S/C21H33N3O3/c1-5-26-20(25)19-10-7-11-24(14-19)21(22-4)23-13-17-8-6-9-18(12-17)15-27-16(2)3/h6,8-9,12,16,19H,5,7,10-11,13-15H2,1-4H3,(H,22,23). The number of piperidine rings is 1. The molecule has 1 aromatic rings. The van der Waals surface area contributed by atoms with Crippen molar-refractivity contribution < 1.29 is 14.3 Å². The zero-order chi connectivity index (χ0) is 19.6. The number of carbonyl (C=O) groups excluding carboxylic acids is 1. The summed E-state index contributed by atoms with van der Waals surface area (Å²) in [5, 5.41) is 3.42. The number of guanidine groups is 1. The van der Waals surface area contributed by atoms with Crippen LogP contribution in [-0.4, -0.2) is 49.7 Å². The molecule has 2 rings (SSSR count). The number of carbonyl (C=O) groups is 1. The van der Waals surface area contributed by atoms with Crippen LogP contribution in [0.1, 0.15) is 44.7 Å². The summed E-state index contributed by atoms with van der Waals surface area (Å²) in [5.41, 5.74) is 2.35. The quantitative estimate of drug-likeness (QED) is 0.451. The smallest absolute Gasteiger partial charge is 0.310 e. The molecule has 0 radical (unpaired) electrons. The molecular formula is C21H33N3O3. The van der Waals surface area contributed by atoms with Gasteiger partial charge < -0.3 is 19.7 Å². The summed E-state index contributed by atoms with van der Waals surface area (Å²) >= 11 is 0. The van der Waals surface area contributed by atoms with Gasteiger partial charge in [-0.1, -0.05) is 24.3 Å². The van der Waals surface area contributed by atoms with Crippen LogP contribution in [0, 0.1) is 5.92 Å². The van der Waals surface area contributed by atoms with E-state index in [4.69, 9.17) is 9.47 Å². The highest BCUT2D eigenvalue weighted by molar-refractivity contribution is 5.81. The molecule has 1 N–H and O–H groups in total. The highest BCUT2D eigenvalue weighted by Gasteiger charge is 2.28. The Morgan fingerprint density at radius 2 is 2.15 bits per heavy atom. The first kappa shape index (κ1) is 21.2. The second kappa shape index (κ2) is 10.9. The Morgan fingerprint density at radius 1 is 1.37 bits per heavy atom. The minimum atomic E-state index is -0.101. The van der Waals surface area contributed by atoms with Gasteiger partial charge in [-0.15, -0.1) is 0 Å². The average molecular weight is 376 g/mol. The third-order valence-electron chi connectivity index (χ3n) is 4.58. The van der Waals surface area contributed by atoms with E-state index >= 15 is 0 Å². The second-order valence-electron chi connectivity index (χ2n) is 7.12. The van der Waals surface area contributed by atoms with Crippen LogP contribution >= 0.6 is 0 Å². The van der Waals surface area contributed by atoms with Gasteiger partial charge in [-0.25, -0.2) is 0 Å². The molecule has 6 nitrogen and oxygen atoms in total. The van der Waals surface area contributed by atoms with E-state index in [1.807, 2.05) is 20.8 Å². The number of nitrogens with one attached hydrogen (secondary N) is 1. The molecule has 1 aliphatic rings. The molecule has 1 saturated heterocycles. The van der Waals surface area contributed by atoms with Gasteiger partial charge in [0, 0.05) is 26.7 Å². The van der Waals surface area contributed by atoms with Crippen molar-refractivity contribution in [3.8, 4) is 0 Å². The molecule has 1 aliphatic heterocycles. The van der Waals surface area contributed by atoms with Crippen molar-refractivity contribution in [2.45, 2.75) is 52.9 Å². The number of hydrogen-bond acceptors (Lipinski definition) is 4. The monoisotopic (exact) mass is 375 g/mol. The third-order valence-corrected chi connectivity index (χ3v) is 4.58. The van der Waals surface area contributed by atoms with Crippen LogP contribution in [0.4, 0.5) is 0 Å². The van der Waals surface area contributed by atoms with Crippen molar-refractivity contribution in [2.75, 3.05) is 26.7 Å². The fraction of sp³-hybridized carbons (Fsp3) is 0.619. The molecule has 0 amide bonds. The number of ether oxygens (including phenoxy) is 2. The van der Waals surface area contributed by atoms with Crippen molar-refractivity contribution in [3.05, 3.63) is 35.4 Å². The van der Waals surface area contributed by atoms with Crippen molar-refractivity contribution >= 4 is 11.9 Å². The average Bonchev–Trinajstić information content (AvgIpc) is 2.67. The van der Waals surface area contributed by atoms with Gasteiger partial charge in [0.05, 0.1) is 25.2 Å². The van der Waals surface area contributed by atoms with Crippen molar-refractivity contribution in [1.82, 2.24) is 10.2 Å². The summed E-state index contributed by atoms with van der Waals surface area (Å²) < 4.78 is 10.9. The Hall–Kier alpha value is -2.08. The number of rotatable bonds is 7. The lowest BCUT2D eigenvalue weighted by Crippen LogP contribution is -2.48. The maximum Gasteiger partial charge on any atom is 0.310 e. The summed E-state index contributed by atoms with van der Waals surface area (Å²) in [6, 6.07) is 8.38. The molecule has 6 heteroatoms. The van der Waals surface area contributed by atoms with Crippen LogP contribution in [-0.2, 0) is 27.4 Å². The maximum absolute atomic E-state index is 12.1. The highest BCUT2D eigenvalue weighted by atomic mass is 16.5. The Bertz CT molecular complexity index is 631. The molecule has 0 aliphatic carbocycles. The molecule has 0 saturated carbocycles. The number of likely N-dealkylation sites (tertiary alicyclic amines) is 1. The Balaban J connectivity index is 1.91. The molecule has 0 aromatic heterocycles. The van der Waals surface area contributed by atoms with E-state index in [-0.39, 0.29) is 18.0 Å². The van der Waals surface area contributed by atoms with Gasteiger partial charge >= 0.3 is 5.97 Å². The van der Waals surface area contributed by atoms with E-state index < -0.39 is 0 Å². The van der Waals surface area contributed by atoms with Gasteiger partial charge in [-0.3, -0.25) is 9.79 Å². The summed E-state index contributed by atoms with van der Waals surface area (Å²) in [5.74, 6) is 0.650. The predicted octanol–water partition coefficient (Wildman–Crippen LogP) is 2.96. The van der Waals surface area contributed by atoms with Crippen LogP contribution in [0.2, 0.25) is 0 Å². The topological polar surface area (TPSA) is 63.2 Å². The number of esters is 1. The Morgan fingerprint density at radius 3 is 2.85 bits per heavy atom. The molecule has 1 heterocycles. The lowest BCUT2D eigenvalue weighted by molar-refractivity contribution is -0.149. The van der Waals surface area contributed by atoms with Gasteiger partial charge in [-0.2, -0.15) is 0 Å². The molecule has 150 valence electrons. The molecule has 0 bridgehead atoms. The maximum atomic E-state index is 12.1. The van der Waals surface area contributed by atoms with E-state index in [0.717, 1.165) is 25.3 Å². The van der Waals surface area contributed by atoms with Crippen LogP contribution in [0.3, 0.4) is 0 Å². The molecule has 0 spiro atoms. The number of aliphatic imine (C=N–C) groups is 1. The van der Waals surface area contributed by atoms with Crippen LogP contribution in [0.15, 0.2) is 29.3 Å². The van der Waals surface area contributed by atoms with E-state index in [1.165, 1.54) is 11.1 Å². The fourth-order valence-electron chi connectivity index (χ4n) is 3.23. The van der Waals surface area contributed by atoms with Crippen molar-refractivity contribution in [3.63, 3.8) is 0 Å². The molecule has 27 heavy (non-hydrogen) atoms. The molecule has 1 aromatic carbocycles. The normalized spacial score (nSPS) is 17.9. The van der Waals surface area contributed by atoms with Crippen molar-refractivity contribution in [1.29, 1.82) is 0 Å². The number of hydrogen-bond donors (Lipinski definition) is 1. The van der Waals surface area contributed by atoms with E-state index in [9.17, 15) is 4.79 Å². The van der Waals surface area contributed by atoms with Crippen LogP contribution in [0.5, 0.6) is 0 Å². The first-order chi connectivity index (χ1) is 13.0. The molecule has 1 atom stereocenters. The van der Waals surface area contributed by atoms with Gasteiger partial charge in [0.25, 0.3) is 0 Å². The SMILES string of the molecule is CCOC(=O)C1CCCN(C(=NC)NCc2cccc(COC(C)C)c2)C1. The zero-order valence-corrected chi connectivity index (χ0v) is 17.0. The highest BCUT2D eigenvalue weighted by Crippen LogP contribution is 2.18. The van der Waals surface area contributed by atoms with Gasteiger partial charge in [0.15, 0.2) is 5.96 Å². The third kappa shape index (κ3) is 6.86. The lowest BCUT2D eigenvalue weighted by atomic mass is 9.98. The summed E-state index contributed by atoms with van der Waals surface area (Å²) in [7, 11) is 1.78. The van der Waals surface area contributed by atoms with Crippen molar-refractivity contribution in [2.24, 2.45) is 10.9 Å². The largest absolute Gasteiger partial charge is 0.466 e. The number of benzene rings is 1. The second-order valence-corrected chi connectivity index (χ2v) is 7.12. The molecule has 1 unspecified atom stereocenters. The van der Waals surface area contributed by atoms with Gasteiger partial charge in [-0.05, 0) is 44.7 Å². The molecular weight excluding hydrogens is 342 g/mol. The van der Waals surface area contributed by atoms with Crippen LogP contribution in [0.25, 0.3) is 0 Å². The minimum Gasteiger partial charge on any atom is -0.466 e.